The minimum Gasteiger partial charge on any atom is -0.362 e. The molecule has 0 unspecified atom stereocenters. The summed E-state index contributed by atoms with van der Waals surface area (Å²) in [4.78, 5) is 9.58. The Balaban J connectivity index is 1.54. The number of nitrogens with one attached hydrogen (secondary N) is 1. The van der Waals surface area contributed by atoms with Gasteiger partial charge in [-0.15, -0.1) is 0 Å². The summed E-state index contributed by atoms with van der Waals surface area (Å²) >= 11 is 0. The molecular formula is C20H23F3N4O2. The van der Waals surface area contributed by atoms with Crippen molar-refractivity contribution in [2.75, 3.05) is 18.4 Å². The van der Waals surface area contributed by atoms with Crippen molar-refractivity contribution in [1.82, 2.24) is 14.9 Å². The van der Waals surface area contributed by atoms with Crippen LogP contribution in [0.15, 0.2) is 42.7 Å². The predicted octanol–water partition coefficient (Wildman–Crippen LogP) is 3.31. The summed E-state index contributed by atoms with van der Waals surface area (Å²) < 4.78 is 51.1. The van der Waals surface area contributed by atoms with Gasteiger partial charge in [-0.1, -0.05) is 30.3 Å². The Morgan fingerprint density at radius 2 is 1.90 bits per heavy atom. The maximum Gasteiger partial charge on any atom is 0.434 e. The molecule has 2 aliphatic heterocycles. The van der Waals surface area contributed by atoms with Gasteiger partial charge in [0.1, 0.15) is 18.0 Å². The average molecular weight is 408 g/mol. The van der Waals surface area contributed by atoms with Crippen molar-refractivity contribution >= 4 is 5.82 Å². The van der Waals surface area contributed by atoms with Gasteiger partial charge < -0.3 is 14.8 Å². The number of benzene rings is 1. The molecule has 2 fully saturated rings. The molecule has 6 nitrogen and oxygen atoms in total. The first-order chi connectivity index (χ1) is 13.7. The summed E-state index contributed by atoms with van der Waals surface area (Å²) in [6.07, 6.45) is -3.03. The van der Waals surface area contributed by atoms with Crippen LogP contribution in [0.2, 0.25) is 0 Å². The van der Waals surface area contributed by atoms with Crippen LogP contribution in [-0.4, -0.2) is 52.0 Å². The van der Waals surface area contributed by atoms with E-state index in [1.54, 1.807) is 0 Å². The van der Waals surface area contributed by atoms with E-state index in [0.717, 1.165) is 11.8 Å². The minimum absolute atomic E-state index is 0.0680. The Kier molecular flexibility index (Phi) is 5.22. The van der Waals surface area contributed by atoms with Gasteiger partial charge in [-0.05, 0) is 19.4 Å². The average Bonchev–Trinajstić information content (AvgIpc) is 2.96. The van der Waals surface area contributed by atoms with Gasteiger partial charge in [0.05, 0.1) is 18.4 Å². The molecule has 0 aliphatic carbocycles. The molecule has 0 bridgehead atoms. The van der Waals surface area contributed by atoms with E-state index >= 15 is 0 Å². The van der Waals surface area contributed by atoms with E-state index in [2.05, 4.69) is 20.2 Å². The van der Waals surface area contributed by atoms with Crippen molar-refractivity contribution in [3.8, 4) is 0 Å². The molecule has 0 spiro atoms. The predicted molar refractivity (Wildman–Crippen MR) is 100.0 cm³/mol. The van der Waals surface area contributed by atoms with Gasteiger partial charge in [0.2, 0.25) is 0 Å². The summed E-state index contributed by atoms with van der Waals surface area (Å²) in [5, 5.41) is 3.10. The third-order valence-electron chi connectivity index (χ3n) is 5.02. The molecule has 0 amide bonds. The van der Waals surface area contributed by atoms with Crippen LogP contribution in [0.4, 0.5) is 19.0 Å². The number of ether oxygens (including phenoxy) is 2. The fraction of sp³-hybridized carbons (Fsp3) is 0.500. The van der Waals surface area contributed by atoms with Crippen molar-refractivity contribution < 1.29 is 22.6 Å². The molecule has 156 valence electrons. The van der Waals surface area contributed by atoms with Crippen LogP contribution in [0.3, 0.4) is 0 Å². The number of anilines is 1. The molecule has 2 saturated heterocycles. The third-order valence-corrected chi connectivity index (χ3v) is 5.02. The van der Waals surface area contributed by atoms with Crippen molar-refractivity contribution in [3.05, 3.63) is 54.0 Å². The quantitative estimate of drug-likeness (QED) is 0.838. The summed E-state index contributed by atoms with van der Waals surface area (Å²) in [5.41, 5.74) is 0.127. The van der Waals surface area contributed by atoms with Crippen LogP contribution < -0.4 is 5.32 Å². The maximum absolute atomic E-state index is 13.0. The van der Waals surface area contributed by atoms with E-state index in [-0.39, 0.29) is 24.1 Å². The first-order valence-electron chi connectivity index (χ1n) is 9.47. The molecule has 29 heavy (non-hydrogen) atoms. The Morgan fingerprint density at radius 3 is 2.62 bits per heavy atom. The molecule has 1 N–H and O–H groups in total. The number of hydrogen-bond donors (Lipinski definition) is 1. The summed E-state index contributed by atoms with van der Waals surface area (Å²) in [5.74, 6) is -0.684. The molecule has 3 heterocycles. The number of piperidine rings is 1. The zero-order valence-corrected chi connectivity index (χ0v) is 16.2. The number of aromatic nitrogens is 2. The van der Waals surface area contributed by atoms with Gasteiger partial charge in [-0.2, -0.15) is 13.2 Å². The molecule has 0 saturated carbocycles. The summed E-state index contributed by atoms with van der Waals surface area (Å²) in [6, 6.07) is 9.72. The molecule has 2 aromatic rings. The SMILES string of the molecule is CC1(C)O[C@@H]2[C@@H](Nc3cncc(C(F)(F)F)n3)CN(Cc3ccccc3)C[C@@H]2O1. The maximum atomic E-state index is 13.0. The van der Waals surface area contributed by atoms with E-state index in [4.69, 9.17) is 9.47 Å². The van der Waals surface area contributed by atoms with Crippen molar-refractivity contribution in [1.29, 1.82) is 0 Å². The Bertz CT molecular complexity index is 847. The Labute approximate surface area is 167 Å². The van der Waals surface area contributed by atoms with Crippen LogP contribution in [0, 0.1) is 0 Å². The van der Waals surface area contributed by atoms with Gasteiger partial charge in [-0.25, -0.2) is 4.98 Å². The van der Waals surface area contributed by atoms with Gasteiger partial charge in [0, 0.05) is 19.6 Å². The lowest BCUT2D eigenvalue weighted by Gasteiger charge is -2.39. The van der Waals surface area contributed by atoms with Crippen LogP contribution in [-0.2, 0) is 22.2 Å². The second kappa shape index (κ2) is 7.55. The molecule has 2 aliphatic rings. The van der Waals surface area contributed by atoms with Gasteiger partial charge in [-0.3, -0.25) is 9.88 Å². The van der Waals surface area contributed by atoms with E-state index in [1.807, 2.05) is 44.2 Å². The number of alkyl halides is 3. The third kappa shape index (κ3) is 4.68. The molecule has 0 radical (unpaired) electrons. The summed E-state index contributed by atoms with van der Waals surface area (Å²) in [7, 11) is 0. The number of hydrogen-bond acceptors (Lipinski definition) is 6. The van der Waals surface area contributed by atoms with Gasteiger partial charge >= 0.3 is 6.18 Å². The zero-order chi connectivity index (χ0) is 20.6. The number of likely N-dealkylation sites (tertiary alicyclic amines) is 1. The molecule has 1 aromatic heterocycles. The van der Waals surface area contributed by atoms with Gasteiger partial charge in [0.15, 0.2) is 11.5 Å². The lowest BCUT2D eigenvalue weighted by atomic mass is 9.98. The first-order valence-corrected chi connectivity index (χ1v) is 9.47. The Morgan fingerprint density at radius 1 is 1.14 bits per heavy atom. The lowest BCUT2D eigenvalue weighted by Crippen LogP contribution is -2.56. The second-order valence-corrected chi connectivity index (χ2v) is 7.86. The van der Waals surface area contributed by atoms with Crippen LogP contribution in [0.5, 0.6) is 0 Å². The zero-order valence-electron chi connectivity index (χ0n) is 16.2. The van der Waals surface area contributed by atoms with Crippen LogP contribution in [0.1, 0.15) is 25.1 Å². The van der Waals surface area contributed by atoms with E-state index < -0.39 is 17.7 Å². The molecule has 1 aromatic carbocycles. The second-order valence-electron chi connectivity index (χ2n) is 7.86. The number of rotatable bonds is 4. The van der Waals surface area contributed by atoms with E-state index in [9.17, 15) is 13.2 Å². The fourth-order valence-electron chi connectivity index (χ4n) is 3.92. The van der Waals surface area contributed by atoms with Crippen molar-refractivity contribution in [2.24, 2.45) is 0 Å². The number of halogens is 3. The monoisotopic (exact) mass is 408 g/mol. The van der Waals surface area contributed by atoms with E-state index in [0.29, 0.717) is 19.6 Å². The van der Waals surface area contributed by atoms with Crippen LogP contribution in [0.25, 0.3) is 0 Å². The smallest absolute Gasteiger partial charge is 0.362 e. The highest BCUT2D eigenvalue weighted by Gasteiger charge is 2.49. The Hall–Kier alpha value is -2.23. The molecule has 3 atom stereocenters. The standard InChI is InChI=1S/C20H23F3N4O2/c1-19(2)28-15-12-27(10-13-6-4-3-5-7-13)11-14(18(15)29-19)25-17-9-24-8-16(26-17)20(21,22)23/h3-9,14-15,18H,10-12H2,1-2H3,(H,25,26)/t14-,15-,18+/m0/s1. The minimum atomic E-state index is -4.55. The van der Waals surface area contributed by atoms with Crippen molar-refractivity contribution in [3.63, 3.8) is 0 Å². The highest BCUT2D eigenvalue weighted by atomic mass is 19.4. The normalized spacial score (nSPS) is 26.9. The van der Waals surface area contributed by atoms with Crippen LogP contribution >= 0.6 is 0 Å². The highest BCUT2D eigenvalue weighted by molar-refractivity contribution is 5.35. The summed E-state index contributed by atoms with van der Waals surface area (Å²) in [6.45, 7) is 5.64. The first kappa shape index (κ1) is 20.1. The largest absolute Gasteiger partial charge is 0.434 e. The topological polar surface area (TPSA) is 59.5 Å². The van der Waals surface area contributed by atoms with Gasteiger partial charge in [0.25, 0.3) is 0 Å². The number of nitrogens with zero attached hydrogens (tertiary/aromatic N) is 3. The fourth-order valence-corrected chi connectivity index (χ4v) is 3.92. The van der Waals surface area contributed by atoms with E-state index in [1.165, 1.54) is 6.20 Å². The molecule has 9 heteroatoms. The van der Waals surface area contributed by atoms with Crippen molar-refractivity contribution in [2.45, 2.75) is 50.6 Å². The number of fused-ring (bicyclic) bond motifs is 1. The highest BCUT2D eigenvalue weighted by Crippen LogP contribution is 2.35. The lowest BCUT2D eigenvalue weighted by molar-refractivity contribution is -0.145. The molecule has 4 rings (SSSR count). The molecular weight excluding hydrogens is 385 g/mol.